The average Bonchev–Trinajstić information content (AvgIpc) is 2.94. The van der Waals surface area contributed by atoms with Crippen molar-refractivity contribution in [3.05, 3.63) is 70.1 Å². The lowest BCUT2D eigenvalue weighted by atomic mass is 10.1. The van der Waals surface area contributed by atoms with E-state index < -0.39 is 4.92 Å². The van der Waals surface area contributed by atoms with E-state index in [1.165, 1.54) is 12.1 Å². The van der Waals surface area contributed by atoms with Gasteiger partial charge >= 0.3 is 6.01 Å². The van der Waals surface area contributed by atoms with Crippen LogP contribution < -0.4 is 11.1 Å². The third kappa shape index (κ3) is 3.62. The molecule has 0 aliphatic carbocycles. The fourth-order valence-corrected chi connectivity index (χ4v) is 2.07. The summed E-state index contributed by atoms with van der Waals surface area (Å²) in [6.45, 7) is 0. The first kappa shape index (κ1) is 14.5. The Hall–Kier alpha value is -3.42. The highest BCUT2D eigenvalue weighted by atomic mass is 16.6. The van der Waals surface area contributed by atoms with Crippen molar-refractivity contribution in [1.29, 1.82) is 0 Å². The lowest BCUT2D eigenvalue weighted by Gasteiger charge is -2.00. The molecule has 0 aliphatic rings. The summed E-state index contributed by atoms with van der Waals surface area (Å²) in [6, 6.07) is 13.6. The van der Waals surface area contributed by atoms with Crippen molar-refractivity contribution >= 4 is 23.1 Å². The summed E-state index contributed by atoms with van der Waals surface area (Å²) in [4.78, 5) is 10.3. The van der Waals surface area contributed by atoms with Crippen LogP contribution in [-0.4, -0.2) is 15.1 Å². The molecule has 0 saturated heterocycles. The van der Waals surface area contributed by atoms with E-state index in [1.54, 1.807) is 18.2 Å². The van der Waals surface area contributed by atoms with Crippen molar-refractivity contribution < 1.29 is 9.34 Å². The highest BCUT2D eigenvalue weighted by Crippen LogP contribution is 2.21. The molecule has 0 saturated carbocycles. The molecule has 1 aromatic heterocycles. The third-order valence-electron chi connectivity index (χ3n) is 3.08. The maximum Gasteiger partial charge on any atom is 0.320 e. The fourth-order valence-electron chi connectivity index (χ4n) is 2.07. The van der Waals surface area contributed by atoms with Gasteiger partial charge in [-0.25, -0.2) is 0 Å². The molecule has 3 aromatic rings. The number of non-ortho nitro benzene ring substituents is 1. The summed E-state index contributed by atoms with van der Waals surface area (Å²) in [5, 5.41) is 21.4. The number of nitro groups is 1. The second-order valence-electron chi connectivity index (χ2n) is 4.86. The topological polar surface area (TPSA) is 120 Å². The number of benzene rings is 2. The zero-order chi connectivity index (χ0) is 16.2. The van der Waals surface area contributed by atoms with Crippen molar-refractivity contribution in [2.45, 2.75) is 6.42 Å². The molecular formula is C15H13N5O3. The summed E-state index contributed by atoms with van der Waals surface area (Å²) in [5.74, 6) is 0.420. The van der Waals surface area contributed by atoms with E-state index in [9.17, 15) is 10.1 Å². The summed E-state index contributed by atoms with van der Waals surface area (Å²) >= 11 is 0. The lowest BCUT2D eigenvalue weighted by Crippen LogP contribution is -1.93. The molecule has 0 unspecified atom stereocenters. The first-order valence-electron chi connectivity index (χ1n) is 6.78. The van der Waals surface area contributed by atoms with Crippen molar-refractivity contribution in [2.75, 3.05) is 11.1 Å². The molecule has 0 fully saturated rings. The smallest absolute Gasteiger partial charge is 0.320 e. The van der Waals surface area contributed by atoms with Gasteiger partial charge in [0.2, 0.25) is 5.89 Å². The maximum atomic E-state index is 10.8. The number of nitrogens with two attached hydrogens (primary N) is 1. The number of aromatic nitrogens is 2. The molecule has 0 bridgehead atoms. The Bertz CT molecular complexity index is 846. The number of nitrogens with zero attached hydrogens (tertiary/aromatic N) is 3. The Balaban J connectivity index is 1.72. The van der Waals surface area contributed by atoms with Gasteiger partial charge in [0.15, 0.2) is 0 Å². The number of nitro benzene ring substituents is 1. The molecule has 0 atom stereocenters. The highest BCUT2D eigenvalue weighted by Gasteiger charge is 2.10. The molecule has 1 heterocycles. The first-order chi connectivity index (χ1) is 11.1. The second-order valence-corrected chi connectivity index (χ2v) is 4.86. The average molecular weight is 311 g/mol. The third-order valence-corrected chi connectivity index (χ3v) is 3.08. The molecule has 0 radical (unpaired) electrons. The van der Waals surface area contributed by atoms with E-state index in [2.05, 4.69) is 15.5 Å². The predicted molar refractivity (Wildman–Crippen MR) is 84.3 cm³/mol. The number of hydrogen-bond donors (Lipinski definition) is 2. The van der Waals surface area contributed by atoms with Crippen molar-refractivity contribution in [3.63, 3.8) is 0 Å². The maximum absolute atomic E-state index is 10.8. The number of nitrogen functional groups attached to an aromatic ring is 1. The van der Waals surface area contributed by atoms with Crippen LogP contribution in [-0.2, 0) is 6.42 Å². The van der Waals surface area contributed by atoms with Crippen LogP contribution in [0.3, 0.4) is 0 Å². The Labute approximate surface area is 131 Å². The SMILES string of the molecule is Nc1cccc(Cc2nnc(Nc3cccc([N+](=O)[O-])c3)o2)c1. The van der Waals surface area contributed by atoms with E-state index in [4.69, 9.17) is 10.2 Å². The minimum absolute atomic E-state index is 0.0190. The van der Waals surface area contributed by atoms with Gasteiger partial charge in [-0.1, -0.05) is 23.3 Å². The van der Waals surface area contributed by atoms with Crippen LogP contribution in [0.2, 0.25) is 0 Å². The molecule has 8 nitrogen and oxygen atoms in total. The van der Waals surface area contributed by atoms with Gasteiger partial charge in [0, 0.05) is 23.5 Å². The van der Waals surface area contributed by atoms with E-state index in [1.807, 2.05) is 18.2 Å². The van der Waals surface area contributed by atoms with Crippen LogP contribution in [0.1, 0.15) is 11.5 Å². The minimum atomic E-state index is -0.468. The van der Waals surface area contributed by atoms with Gasteiger partial charge in [0.25, 0.3) is 5.69 Å². The van der Waals surface area contributed by atoms with E-state index in [-0.39, 0.29) is 11.7 Å². The second kappa shape index (κ2) is 6.14. The van der Waals surface area contributed by atoms with Gasteiger partial charge in [-0.05, 0) is 23.8 Å². The number of anilines is 3. The minimum Gasteiger partial charge on any atom is -0.408 e. The molecule has 0 spiro atoms. The van der Waals surface area contributed by atoms with Gasteiger partial charge < -0.3 is 15.5 Å². The van der Waals surface area contributed by atoms with Crippen molar-refractivity contribution in [3.8, 4) is 0 Å². The number of hydrogen-bond acceptors (Lipinski definition) is 7. The molecule has 8 heteroatoms. The van der Waals surface area contributed by atoms with Gasteiger partial charge in [0.05, 0.1) is 11.3 Å². The quantitative estimate of drug-likeness (QED) is 0.422. The summed E-state index contributed by atoms with van der Waals surface area (Å²) in [7, 11) is 0. The summed E-state index contributed by atoms with van der Waals surface area (Å²) in [6.07, 6.45) is 0.453. The van der Waals surface area contributed by atoms with E-state index in [0.29, 0.717) is 23.7 Å². The van der Waals surface area contributed by atoms with Crippen LogP contribution >= 0.6 is 0 Å². The standard InChI is InChI=1S/C15H13N5O3/c16-11-4-1-3-10(7-11)8-14-18-19-15(23-14)17-12-5-2-6-13(9-12)20(21)22/h1-7,9H,8,16H2,(H,17,19). The summed E-state index contributed by atoms with van der Waals surface area (Å²) in [5.41, 5.74) is 7.82. The molecular weight excluding hydrogens is 298 g/mol. The van der Waals surface area contributed by atoms with E-state index in [0.717, 1.165) is 5.56 Å². The Morgan fingerprint density at radius 3 is 2.78 bits per heavy atom. The fraction of sp³-hybridized carbons (Fsp3) is 0.0667. The molecule has 3 rings (SSSR count). The Morgan fingerprint density at radius 2 is 2.00 bits per heavy atom. The molecule has 0 amide bonds. The number of rotatable bonds is 5. The molecule has 2 aromatic carbocycles. The summed E-state index contributed by atoms with van der Waals surface area (Å²) < 4.78 is 5.49. The zero-order valence-electron chi connectivity index (χ0n) is 12.0. The van der Waals surface area contributed by atoms with Crippen LogP contribution in [0.25, 0.3) is 0 Å². The van der Waals surface area contributed by atoms with E-state index >= 15 is 0 Å². The van der Waals surface area contributed by atoms with Crippen LogP contribution in [0, 0.1) is 10.1 Å². The van der Waals surface area contributed by atoms with Gasteiger partial charge in [-0.2, -0.15) is 0 Å². The highest BCUT2D eigenvalue weighted by molar-refractivity contribution is 5.56. The lowest BCUT2D eigenvalue weighted by molar-refractivity contribution is -0.384. The molecule has 23 heavy (non-hydrogen) atoms. The van der Waals surface area contributed by atoms with Crippen LogP contribution in [0.15, 0.2) is 52.9 Å². The normalized spacial score (nSPS) is 10.4. The predicted octanol–water partition coefficient (Wildman–Crippen LogP) is 2.89. The first-order valence-corrected chi connectivity index (χ1v) is 6.78. The Kier molecular flexibility index (Phi) is 3.88. The van der Waals surface area contributed by atoms with Crippen LogP contribution in [0.4, 0.5) is 23.1 Å². The van der Waals surface area contributed by atoms with Gasteiger partial charge in [-0.15, -0.1) is 5.10 Å². The van der Waals surface area contributed by atoms with Gasteiger partial charge in [0.1, 0.15) is 0 Å². The van der Waals surface area contributed by atoms with Crippen molar-refractivity contribution in [1.82, 2.24) is 10.2 Å². The van der Waals surface area contributed by atoms with Gasteiger partial charge in [-0.3, -0.25) is 10.1 Å². The van der Waals surface area contributed by atoms with Crippen molar-refractivity contribution in [2.24, 2.45) is 0 Å². The Morgan fingerprint density at radius 1 is 1.17 bits per heavy atom. The largest absolute Gasteiger partial charge is 0.408 e. The molecule has 3 N–H and O–H groups in total. The monoisotopic (exact) mass is 311 g/mol. The molecule has 116 valence electrons. The van der Waals surface area contributed by atoms with Crippen LogP contribution in [0.5, 0.6) is 0 Å². The zero-order valence-corrected chi connectivity index (χ0v) is 12.0. The molecule has 0 aliphatic heterocycles. The number of nitrogens with one attached hydrogen (secondary N) is 1.